The summed E-state index contributed by atoms with van der Waals surface area (Å²) in [5.74, 6) is 0.970. The van der Waals surface area contributed by atoms with Crippen molar-refractivity contribution in [3.05, 3.63) is 30.5 Å². The maximum absolute atomic E-state index is 5.60. The number of piperazine rings is 1. The van der Waals surface area contributed by atoms with Crippen molar-refractivity contribution in [2.24, 2.45) is 5.73 Å². The fourth-order valence-electron chi connectivity index (χ4n) is 2.58. The molecule has 1 fully saturated rings. The lowest BCUT2D eigenvalue weighted by Crippen LogP contribution is -2.49. The Labute approximate surface area is 123 Å². The van der Waals surface area contributed by atoms with Crippen molar-refractivity contribution in [1.82, 2.24) is 15.1 Å². The molecule has 0 atom stereocenters. The molecule has 0 aliphatic carbocycles. The summed E-state index contributed by atoms with van der Waals surface area (Å²) in [6, 6.07) is 8.22. The van der Waals surface area contributed by atoms with E-state index in [0.29, 0.717) is 11.5 Å². The molecule has 1 aliphatic heterocycles. The third-order valence-corrected chi connectivity index (χ3v) is 3.73. The molecular weight excluding hydrogens is 270 g/mol. The van der Waals surface area contributed by atoms with Gasteiger partial charge in [-0.25, -0.2) is 0 Å². The topological polar surface area (TPSA) is 58.3 Å². The summed E-state index contributed by atoms with van der Waals surface area (Å²) in [5.41, 5.74) is 5.60. The molecule has 1 aliphatic rings. The zero-order valence-corrected chi connectivity index (χ0v) is 12.0. The standard InChI is InChI=1S/C14H17N5S/c15-13(20)10-18-5-7-19(8-6-18)14-12-4-2-1-3-11(12)9-16-17-14/h1-4,9H,5-8,10H2,(H2,15,20). The molecule has 1 saturated heterocycles. The van der Waals surface area contributed by atoms with Gasteiger partial charge in [-0.1, -0.05) is 36.5 Å². The number of thiocarbonyl (C=S) groups is 1. The molecule has 0 radical (unpaired) electrons. The first-order chi connectivity index (χ1) is 9.74. The van der Waals surface area contributed by atoms with E-state index in [9.17, 15) is 0 Å². The van der Waals surface area contributed by atoms with Gasteiger partial charge in [-0.05, 0) is 0 Å². The second-order valence-electron chi connectivity index (χ2n) is 4.98. The van der Waals surface area contributed by atoms with Crippen LogP contribution >= 0.6 is 12.2 Å². The Bertz CT molecular complexity index is 616. The highest BCUT2D eigenvalue weighted by Gasteiger charge is 2.20. The van der Waals surface area contributed by atoms with Gasteiger partial charge in [0.25, 0.3) is 0 Å². The number of aromatic nitrogens is 2. The van der Waals surface area contributed by atoms with Crippen LogP contribution in [0.15, 0.2) is 30.5 Å². The number of rotatable bonds is 3. The predicted molar refractivity (Wildman–Crippen MR) is 85.0 cm³/mol. The summed E-state index contributed by atoms with van der Waals surface area (Å²) in [5, 5.41) is 10.7. The Kier molecular flexibility index (Phi) is 3.75. The predicted octanol–water partition coefficient (Wildman–Crippen LogP) is 1.04. The second-order valence-corrected chi connectivity index (χ2v) is 5.51. The molecule has 0 spiro atoms. The lowest BCUT2D eigenvalue weighted by Gasteiger charge is -2.35. The summed E-state index contributed by atoms with van der Waals surface area (Å²) >= 11 is 4.96. The summed E-state index contributed by atoms with van der Waals surface area (Å²) in [6.45, 7) is 4.44. The largest absolute Gasteiger partial charge is 0.392 e. The molecule has 20 heavy (non-hydrogen) atoms. The van der Waals surface area contributed by atoms with E-state index >= 15 is 0 Å². The van der Waals surface area contributed by atoms with Crippen molar-refractivity contribution in [2.75, 3.05) is 37.6 Å². The molecule has 2 N–H and O–H groups in total. The molecule has 2 heterocycles. The van der Waals surface area contributed by atoms with Crippen LogP contribution in [0, 0.1) is 0 Å². The van der Waals surface area contributed by atoms with Crippen molar-refractivity contribution in [2.45, 2.75) is 0 Å². The van der Waals surface area contributed by atoms with Crippen LogP contribution in [-0.2, 0) is 0 Å². The van der Waals surface area contributed by atoms with E-state index in [1.807, 2.05) is 18.3 Å². The van der Waals surface area contributed by atoms with Crippen LogP contribution in [0.2, 0.25) is 0 Å². The molecule has 0 unspecified atom stereocenters. The van der Waals surface area contributed by atoms with Crippen molar-refractivity contribution in [1.29, 1.82) is 0 Å². The monoisotopic (exact) mass is 287 g/mol. The van der Waals surface area contributed by atoms with Gasteiger partial charge >= 0.3 is 0 Å². The Morgan fingerprint density at radius 1 is 1.20 bits per heavy atom. The summed E-state index contributed by atoms with van der Waals surface area (Å²) < 4.78 is 0. The molecule has 2 aromatic rings. The SMILES string of the molecule is NC(=S)CN1CCN(c2nncc3ccccc23)CC1. The minimum Gasteiger partial charge on any atom is -0.392 e. The lowest BCUT2D eigenvalue weighted by atomic mass is 10.1. The van der Waals surface area contributed by atoms with E-state index in [2.05, 4.69) is 32.1 Å². The van der Waals surface area contributed by atoms with E-state index in [1.165, 1.54) is 0 Å². The first-order valence-electron chi connectivity index (χ1n) is 6.70. The van der Waals surface area contributed by atoms with Gasteiger partial charge in [0.15, 0.2) is 5.82 Å². The Morgan fingerprint density at radius 2 is 1.95 bits per heavy atom. The number of nitrogens with two attached hydrogens (primary N) is 1. The Morgan fingerprint density at radius 3 is 2.70 bits per heavy atom. The maximum Gasteiger partial charge on any atom is 0.159 e. The molecule has 0 amide bonds. The minimum atomic E-state index is 0.559. The highest BCUT2D eigenvalue weighted by atomic mass is 32.1. The van der Waals surface area contributed by atoms with E-state index in [-0.39, 0.29) is 0 Å². The van der Waals surface area contributed by atoms with E-state index in [0.717, 1.165) is 42.8 Å². The molecule has 0 saturated carbocycles. The number of fused-ring (bicyclic) bond motifs is 1. The number of hydrogen-bond acceptors (Lipinski definition) is 5. The molecule has 0 bridgehead atoms. The van der Waals surface area contributed by atoms with Crippen LogP contribution in [0.3, 0.4) is 0 Å². The van der Waals surface area contributed by atoms with Gasteiger partial charge in [0.1, 0.15) is 0 Å². The summed E-state index contributed by atoms with van der Waals surface area (Å²) in [7, 11) is 0. The molecular formula is C14H17N5S. The Hall–Kier alpha value is -1.79. The third-order valence-electron chi connectivity index (χ3n) is 3.60. The van der Waals surface area contributed by atoms with Gasteiger partial charge in [0.05, 0.1) is 11.2 Å². The highest BCUT2D eigenvalue weighted by molar-refractivity contribution is 7.80. The van der Waals surface area contributed by atoms with Gasteiger partial charge < -0.3 is 10.6 Å². The molecule has 5 nitrogen and oxygen atoms in total. The second kappa shape index (κ2) is 5.68. The lowest BCUT2D eigenvalue weighted by molar-refractivity contribution is 0.291. The average molecular weight is 287 g/mol. The van der Waals surface area contributed by atoms with Gasteiger partial charge in [0, 0.05) is 43.5 Å². The van der Waals surface area contributed by atoms with Crippen LogP contribution in [0.4, 0.5) is 5.82 Å². The minimum absolute atomic E-state index is 0.559. The fourth-order valence-corrected chi connectivity index (χ4v) is 2.77. The number of benzene rings is 1. The highest BCUT2D eigenvalue weighted by Crippen LogP contribution is 2.23. The number of anilines is 1. The van der Waals surface area contributed by atoms with Crippen molar-refractivity contribution >= 4 is 33.8 Å². The van der Waals surface area contributed by atoms with E-state index < -0.39 is 0 Å². The third kappa shape index (κ3) is 2.71. The van der Waals surface area contributed by atoms with Crippen molar-refractivity contribution < 1.29 is 0 Å². The maximum atomic E-state index is 5.60. The van der Waals surface area contributed by atoms with E-state index in [1.54, 1.807) is 0 Å². The normalized spacial score (nSPS) is 16.5. The van der Waals surface area contributed by atoms with Gasteiger partial charge in [0.2, 0.25) is 0 Å². The Balaban J connectivity index is 1.78. The smallest absolute Gasteiger partial charge is 0.159 e. The van der Waals surface area contributed by atoms with Crippen LogP contribution < -0.4 is 10.6 Å². The summed E-state index contributed by atoms with van der Waals surface area (Å²) in [6.07, 6.45) is 1.81. The molecule has 6 heteroatoms. The van der Waals surface area contributed by atoms with Crippen LogP contribution in [0.1, 0.15) is 0 Å². The van der Waals surface area contributed by atoms with Crippen molar-refractivity contribution in [3.63, 3.8) is 0 Å². The van der Waals surface area contributed by atoms with Crippen molar-refractivity contribution in [3.8, 4) is 0 Å². The fraction of sp³-hybridized carbons (Fsp3) is 0.357. The molecule has 104 valence electrons. The summed E-state index contributed by atoms with van der Waals surface area (Å²) in [4.78, 5) is 5.12. The van der Waals surface area contributed by atoms with Gasteiger partial charge in [-0.3, -0.25) is 4.90 Å². The number of nitrogens with zero attached hydrogens (tertiary/aromatic N) is 4. The van der Waals surface area contributed by atoms with Gasteiger partial charge in [-0.15, -0.1) is 5.10 Å². The first-order valence-corrected chi connectivity index (χ1v) is 7.11. The van der Waals surface area contributed by atoms with E-state index in [4.69, 9.17) is 18.0 Å². The molecule has 3 rings (SSSR count). The zero-order valence-electron chi connectivity index (χ0n) is 11.2. The van der Waals surface area contributed by atoms with Crippen LogP contribution in [-0.4, -0.2) is 52.8 Å². The molecule has 1 aromatic heterocycles. The quantitative estimate of drug-likeness (QED) is 0.851. The zero-order chi connectivity index (χ0) is 13.9. The first kappa shape index (κ1) is 13.2. The number of hydrogen-bond donors (Lipinski definition) is 1. The van der Waals surface area contributed by atoms with Crippen LogP contribution in [0.5, 0.6) is 0 Å². The van der Waals surface area contributed by atoms with Gasteiger partial charge in [-0.2, -0.15) is 5.10 Å². The average Bonchev–Trinajstić information content (AvgIpc) is 2.47. The molecule has 1 aromatic carbocycles. The van der Waals surface area contributed by atoms with Crippen LogP contribution in [0.25, 0.3) is 10.8 Å².